The van der Waals surface area contributed by atoms with Crippen LogP contribution in [0.1, 0.15) is 31.2 Å². The molecule has 1 heterocycles. The van der Waals surface area contributed by atoms with Crippen molar-refractivity contribution in [3.63, 3.8) is 0 Å². The standard InChI is InChI=1S/C14H17NO/c1-3-4-10-13-11(2)16-14(15-13)12-8-6-5-7-9-12/h5-9H,3-4,10H2,1-2H3. The maximum Gasteiger partial charge on any atom is 0.226 e. The average Bonchev–Trinajstić information content (AvgIpc) is 2.69. The van der Waals surface area contributed by atoms with Gasteiger partial charge in [0.15, 0.2) is 0 Å². The van der Waals surface area contributed by atoms with E-state index in [-0.39, 0.29) is 0 Å². The lowest BCUT2D eigenvalue weighted by molar-refractivity contribution is 0.538. The monoisotopic (exact) mass is 215 g/mol. The van der Waals surface area contributed by atoms with Crippen molar-refractivity contribution in [3.05, 3.63) is 41.8 Å². The molecule has 0 radical (unpaired) electrons. The van der Waals surface area contributed by atoms with Crippen molar-refractivity contribution in [3.8, 4) is 11.5 Å². The molecule has 0 saturated carbocycles. The number of oxazole rings is 1. The van der Waals surface area contributed by atoms with Crippen molar-refractivity contribution < 1.29 is 4.42 Å². The molecule has 0 spiro atoms. The highest BCUT2D eigenvalue weighted by Gasteiger charge is 2.10. The molecule has 1 aromatic heterocycles. The number of hydrogen-bond donors (Lipinski definition) is 0. The topological polar surface area (TPSA) is 26.0 Å². The van der Waals surface area contributed by atoms with E-state index in [1.165, 1.54) is 12.8 Å². The van der Waals surface area contributed by atoms with Crippen LogP contribution >= 0.6 is 0 Å². The molecule has 2 aromatic rings. The Kier molecular flexibility index (Phi) is 3.40. The summed E-state index contributed by atoms with van der Waals surface area (Å²) < 4.78 is 5.69. The minimum absolute atomic E-state index is 0.740. The van der Waals surface area contributed by atoms with E-state index in [0.29, 0.717) is 0 Å². The molecule has 0 aliphatic carbocycles. The lowest BCUT2D eigenvalue weighted by atomic mass is 10.2. The molecule has 0 aliphatic rings. The second-order valence-electron chi connectivity index (χ2n) is 3.99. The highest BCUT2D eigenvalue weighted by molar-refractivity contribution is 5.53. The summed E-state index contributed by atoms with van der Waals surface area (Å²) in [5.41, 5.74) is 2.15. The zero-order valence-corrected chi connectivity index (χ0v) is 9.86. The highest BCUT2D eigenvalue weighted by atomic mass is 16.4. The number of nitrogens with zero attached hydrogens (tertiary/aromatic N) is 1. The lowest BCUT2D eigenvalue weighted by Gasteiger charge is -1.93. The summed E-state index contributed by atoms with van der Waals surface area (Å²) in [5.74, 6) is 1.69. The van der Waals surface area contributed by atoms with Crippen LogP contribution < -0.4 is 0 Å². The van der Waals surface area contributed by atoms with Gasteiger partial charge in [0.25, 0.3) is 0 Å². The Balaban J connectivity index is 2.24. The van der Waals surface area contributed by atoms with E-state index in [9.17, 15) is 0 Å². The van der Waals surface area contributed by atoms with Gasteiger partial charge >= 0.3 is 0 Å². The van der Waals surface area contributed by atoms with Crippen LogP contribution in [-0.2, 0) is 6.42 Å². The van der Waals surface area contributed by atoms with Gasteiger partial charge in [0.05, 0.1) is 5.69 Å². The van der Waals surface area contributed by atoms with Crippen molar-refractivity contribution in [1.29, 1.82) is 0 Å². The van der Waals surface area contributed by atoms with Crippen molar-refractivity contribution >= 4 is 0 Å². The highest BCUT2D eigenvalue weighted by Crippen LogP contribution is 2.22. The molecule has 16 heavy (non-hydrogen) atoms. The van der Waals surface area contributed by atoms with Crippen LogP contribution in [0, 0.1) is 6.92 Å². The predicted octanol–water partition coefficient (Wildman–Crippen LogP) is 3.99. The third kappa shape index (κ3) is 2.32. The molecule has 0 saturated heterocycles. The number of rotatable bonds is 4. The molecule has 0 fully saturated rings. The molecular formula is C14H17NO. The van der Waals surface area contributed by atoms with Gasteiger partial charge in [-0.2, -0.15) is 0 Å². The fraction of sp³-hybridized carbons (Fsp3) is 0.357. The van der Waals surface area contributed by atoms with E-state index in [2.05, 4.69) is 11.9 Å². The molecule has 2 rings (SSSR count). The van der Waals surface area contributed by atoms with Gasteiger partial charge in [-0.1, -0.05) is 31.5 Å². The molecule has 0 aliphatic heterocycles. The van der Waals surface area contributed by atoms with E-state index in [0.717, 1.165) is 29.3 Å². The summed E-state index contributed by atoms with van der Waals surface area (Å²) in [4.78, 5) is 4.55. The van der Waals surface area contributed by atoms with Crippen LogP contribution in [0.5, 0.6) is 0 Å². The van der Waals surface area contributed by atoms with Gasteiger partial charge in [-0.15, -0.1) is 0 Å². The van der Waals surface area contributed by atoms with Gasteiger partial charge < -0.3 is 4.42 Å². The SMILES string of the molecule is CCCCc1nc(-c2ccccc2)oc1C. The second-order valence-corrected chi connectivity index (χ2v) is 3.99. The van der Waals surface area contributed by atoms with E-state index < -0.39 is 0 Å². The van der Waals surface area contributed by atoms with E-state index in [4.69, 9.17) is 4.42 Å². The molecule has 2 heteroatoms. The zero-order valence-electron chi connectivity index (χ0n) is 9.86. The van der Waals surface area contributed by atoms with E-state index in [1.54, 1.807) is 0 Å². The number of hydrogen-bond acceptors (Lipinski definition) is 2. The number of benzene rings is 1. The van der Waals surface area contributed by atoms with Crippen LogP contribution in [0.3, 0.4) is 0 Å². The summed E-state index contributed by atoms with van der Waals surface area (Å²) in [7, 11) is 0. The second kappa shape index (κ2) is 4.97. The Morgan fingerprint density at radius 1 is 1.19 bits per heavy atom. The first-order chi connectivity index (χ1) is 7.81. The van der Waals surface area contributed by atoms with Crippen molar-refractivity contribution in [2.24, 2.45) is 0 Å². The van der Waals surface area contributed by atoms with Crippen LogP contribution in [0.4, 0.5) is 0 Å². The maximum absolute atomic E-state index is 5.69. The third-order valence-corrected chi connectivity index (χ3v) is 2.68. The van der Waals surface area contributed by atoms with Gasteiger partial charge in [0.1, 0.15) is 5.76 Å². The molecule has 0 unspecified atom stereocenters. The summed E-state index contributed by atoms with van der Waals surface area (Å²) in [6, 6.07) is 10.0. The third-order valence-electron chi connectivity index (χ3n) is 2.68. The lowest BCUT2D eigenvalue weighted by Crippen LogP contribution is -1.87. The van der Waals surface area contributed by atoms with Gasteiger partial charge in [-0.25, -0.2) is 4.98 Å². The normalized spacial score (nSPS) is 10.6. The molecule has 0 bridgehead atoms. The van der Waals surface area contributed by atoms with Gasteiger partial charge in [-0.05, 0) is 31.9 Å². The number of aryl methyl sites for hydroxylation is 2. The predicted molar refractivity (Wildman–Crippen MR) is 65.3 cm³/mol. The van der Waals surface area contributed by atoms with Crippen molar-refractivity contribution in [1.82, 2.24) is 4.98 Å². The molecule has 2 nitrogen and oxygen atoms in total. The molecule has 84 valence electrons. The van der Waals surface area contributed by atoms with Gasteiger partial charge in [0, 0.05) is 5.56 Å². The van der Waals surface area contributed by atoms with Crippen LogP contribution in [0.25, 0.3) is 11.5 Å². The molecule has 0 atom stereocenters. The number of aromatic nitrogens is 1. The maximum atomic E-state index is 5.69. The summed E-state index contributed by atoms with van der Waals surface area (Å²) >= 11 is 0. The summed E-state index contributed by atoms with van der Waals surface area (Å²) in [6.45, 7) is 4.18. The Hall–Kier alpha value is -1.57. The van der Waals surface area contributed by atoms with Crippen molar-refractivity contribution in [2.75, 3.05) is 0 Å². The number of unbranched alkanes of at least 4 members (excludes halogenated alkanes) is 1. The first-order valence-electron chi connectivity index (χ1n) is 5.83. The first-order valence-corrected chi connectivity index (χ1v) is 5.83. The fourth-order valence-electron chi connectivity index (χ4n) is 1.71. The molecule has 0 amide bonds. The van der Waals surface area contributed by atoms with Crippen molar-refractivity contribution in [2.45, 2.75) is 33.1 Å². The van der Waals surface area contributed by atoms with E-state index >= 15 is 0 Å². The Morgan fingerprint density at radius 3 is 2.62 bits per heavy atom. The summed E-state index contributed by atoms with van der Waals surface area (Å²) in [5, 5.41) is 0. The van der Waals surface area contributed by atoms with Gasteiger partial charge in [-0.3, -0.25) is 0 Å². The van der Waals surface area contributed by atoms with Crippen LogP contribution in [0.15, 0.2) is 34.7 Å². The smallest absolute Gasteiger partial charge is 0.226 e. The first kappa shape index (κ1) is 10.9. The Labute approximate surface area is 96.3 Å². The molecular weight excluding hydrogens is 198 g/mol. The Morgan fingerprint density at radius 2 is 1.94 bits per heavy atom. The van der Waals surface area contributed by atoms with Crippen LogP contribution in [-0.4, -0.2) is 4.98 Å². The molecule has 1 aromatic carbocycles. The quantitative estimate of drug-likeness (QED) is 0.770. The minimum Gasteiger partial charge on any atom is -0.441 e. The molecule has 0 N–H and O–H groups in total. The summed E-state index contributed by atoms with van der Waals surface area (Å²) in [6.07, 6.45) is 3.37. The average molecular weight is 215 g/mol. The zero-order chi connectivity index (χ0) is 11.4. The van der Waals surface area contributed by atoms with Gasteiger partial charge in [0.2, 0.25) is 5.89 Å². The fourth-order valence-corrected chi connectivity index (χ4v) is 1.71. The largest absolute Gasteiger partial charge is 0.441 e. The Bertz CT molecular complexity index is 445. The minimum atomic E-state index is 0.740. The van der Waals surface area contributed by atoms with E-state index in [1.807, 2.05) is 37.3 Å². The van der Waals surface area contributed by atoms with Crippen LogP contribution in [0.2, 0.25) is 0 Å².